The Morgan fingerprint density at radius 1 is 1.08 bits per heavy atom. The Labute approximate surface area is 224 Å². The summed E-state index contributed by atoms with van der Waals surface area (Å²) in [5.41, 5.74) is -0.503. The van der Waals surface area contributed by atoms with Crippen LogP contribution in [0.15, 0.2) is 47.1 Å². The van der Waals surface area contributed by atoms with E-state index in [9.17, 15) is 27.9 Å². The number of carbonyl (C=O) groups excluding carboxylic acids is 2. The maximum Gasteiger partial charge on any atom is 0.456 e. The predicted octanol–water partition coefficient (Wildman–Crippen LogP) is 7.14. The van der Waals surface area contributed by atoms with Gasteiger partial charge in [-0.3, -0.25) is 9.59 Å². The molecule has 212 valence electrons. The van der Waals surface area contributed by atoms with Crippen LogP contribution in [0.1, 0.15) is 88.9 Å². The molecular formula is C30H33F5O4. The number of alkyl halides is 5. The molecule has 2 fully saturated rings. The van der Waals surface area contributed by atoms with Crippen LogP contribution in [0.2, 0.25) is 0 Å². The topological polar surface area (TPSA) is 63.6 Å². The molecule has 39 heavy (non-hydrogen) atoms. The van der Waals surface area contributed by atoms with Gasteiger partial charge in [0, 0.05) is 24.7 Å². The van der Waals surface area contributed by atoms with Gasteiger partial charge in [0.1, 0.15) is 11.7 Å². The van der Waals surface area contributed by atoms with Crippen molar-refractivity contribution in [2.75, 3.05) is 0 Å². The average Bonchev–Trinajstić information content (AvgIpc) is 3.14. The number of esters is 1. The van der Waals surface area contributed by atoms with Gasteiger partial charge in [0.2, 0.25) is 0 Å². The summed E-state index contributed by atoms with van der Waals surface area (Å²) in [6, 6.07) is 7.14. The number of ether oxygens (including phenoxy) is 1. The van der Waals surface area contributed by atoms with Crippen molar-refractivity contribution in [1.29, 1.82) is 0 Å². The lowest BCUT2D eigenvalue weighted by Gasteiger charge is -2.56. The fourth-order valence-electron chi connectivity index (χ4n) is 8.03. The molecule has 0 aliphatic heterocycles. The highest BCUT2D eigenvalue weighted by Crippen LogP contribution is 2.70. The van der Waals surface area contributed by atoms with E-state index in [1.807, 2.05) is 0 Å². The van der Waals surface area contributed by atoms with Gasteiger partial charge in [-0.25, -0.2) is 0 Å². The highest BCUT2D eigenvalue weighted by molar-refractivity contribution is 5.93. The number of halogens is 5. The molecule has 0 aromatic heterocycles. The average molecular weight is 553 g/mol. The second-order valence-corrected chi connectivity index (χ2v) is 11.9. The van der Waals surface area contributed by atoms with Gasteiger partial charge in [-0.2, -0.15) is 22.0 Å². The fourth-order valence-corrected chi connectivity index (χ4v) is 8.03. The highest BCUT2D eigenvalue weighted by atomic mass is 19.4. The van der Waals surface area contributed by atoms with Gasteiger partial charge in [-0.05, 0) is 85.6 Å². The van der Waals surface area contributed by atoms with Crippen LogP contribution in [0.25, 0.3) is 0 Å². The van der Waals surface area contributed by atoms with Gasteiger partial charge < -0.3 is 9.84 Å². The third-order valence-electron chi connectivity index (χ3n) is 9.91. The number of hydrogen-bond donors (Lipinski definition) is 1. The number of hydrogen-bond acceptors (Lipinski definition) is 4. The van der Waals surface area contributed by atoms with E-state index in [1.54, 1.807) is 37.3 Å². The molecule has 1 aromatic carbocycles. The molecule has 4 nitrogen and oxygen atoms in total. The monoisotopic (exact) mass is 552 g/mol. The molecule has 1 N–H and O–H groups in total. The Kier molecular flexibility index (Phi) is 6.64. The zero-order valence-electron chi connectivity index (χ0n) is 22.2. The van der Waals surface area contributed by atoms with Crippen molar-refractivity contribution < 1.29 is 41.4 Å². The van der Waals surface area contributed by atoms with Crippen molar-refractivity contribution in [2.45, 2.75) is 95.4 Å². The highest BCUT2D eigenvalue weighted by Gasteiger charge is 2.79. The number of aliphatic hydroxyl groups is 1. The summed E-state index contributed by atoms with van der Waals surface area (Å²) in [7, 11) is 0. The van der Waals surface area contributed by atoms with Crippen LogP contribution in [0.5, 0.6) is 0 Å². The van der Waals surface area contributed by atoms with Crippen LogP contribution in [0, 0.1) is 17.3 Å². The number of fused-ring (bicyclic) bond motifs is 4. The Morgan fingerprint density at radius 3 is 2.36 bits per heavy atom. The van der Waals surface area contributed by atoms with Gasteiger partial charge in [0.25, 0.3) is 0 Å². The van der Waals surface area contributed by atoms with Crippen LogP contribution < -0.4 is 0 Å². The van der Waals surface area contributed by atoms with Crippen molar-refractivity contribution in [3.05, 3.63) is 58.2 Å². The number of carbonyl (C=O) groups is 2. The van der Waals surface area contributed by atoms with E-state index < -0.39 is 53.4 Å². The molecule has 0 spiro atoms. The lowest BCUT2D eigenvalue weighted by atomic mass is 9.50. The molecule has 1 unspecified atom stereocenters. The molecule has 2 saturated carbocycles. The van der Waals surface area contributed by atoms with Crippen molar-refractivity contribution in [2.24, 2.45) is 17.3 Å². The maximum atomic E-state index is 15.1. The van der Waals surface area contributed by atoms with E-state index in [0.717, 1.165) is 27.8 Å². The summed E-state index contributed by atoms with van der Waals surface area (Å²) >= 11 is 0. The first-order valence-corrected chi connectivity index (χ1v) is 13.5. The van der Waals surface area contributed by atoms with Crippen LogP contribution in [0.3, 0.4) is 0 Å². The quantitative estimate of drug-likeness (QED) is 0.319. The van der Waals surface area contributed by atoms with Gasteiger partial charge in [-0.1, -0.05) is 36.8 Å². The number of allylic oxidation sites excluding steroid dienone is 4. The molecule has 0 amide bonds. The van der Waals surface area contributed by atoms with Gasteiger partial charge >= 0.3 is 18.1 Å². The van der Waals surface area contributed by atoms with Crippen LogP contribution in [0.4, 0.5) is 22.0 Å². The largest absolute Gasteiger partial charge is 0.458 e. The summed E-state index contributed by atoms with van der Waals surface area (Å²) in [4.78, 5) is 23.6. The first kappa shape index (κ1) is 28.0. The van der Waals surface area contributed by atoms with E-state index in [1.165, 1.54) is 13.8 Å². The normalized spacial score (nSPS) is 33.6. The Bertz CT molecular complexity index is 1250. The van der Waals surface area contributed by atoms with Crippen LogP contribution in [-0.2, 0) is 14.3 Å². The molecule has 4 aliphatic carbocycles. The van der Waals surface area contributed by atoms with E-state index >= 15 is 8.78 Å². The third kappa shape index (κ3) is 4.18. The second kappa shape index (κ2) is 9.25. The van der Waals surface area contributed by atoms with E-state index in [0.29, 0.717) is 25.7 Å². The van der Waals surface area contributed by atoms with Gasteiger partial charge in [0.05, 0.1) is 0 Å². The number of benzene rings is 1. The summed E-state index contributed by atoms with van der Waals surface area (Å²) in [5, 5.41) is 11.3. The summed E-state index contributed by atoms with van der Waals surface area (Å²) in [6.45, 7) is 4.44. The Hall–Kier alpha value is -2.55. The minimum atomic E-state index is -5.88. The standard InChI is InChI=1S/C30H33F5O4/c1-16(39-17(2)36)18-4-6-19(7-5-18)24-15-27(3)25(12-13-28(27,38)29(31,32)30(33,34)35)23-10-8-20-14-21(37)9-11-22(20)26(23)24/h4-7,14,16,23-25,38H,8-13,15H2,1-3H3/t16?,23-,24+,25-,27-,28-/m0/s1. The molecule has 0 radical (unpaired) electrons. The summed E-state index contributed by atoms with van der Waals surface area (Å²) in [5.74, 6) is -6.99. The van der Waals surface area contributed by atoms with Crippen LogP contribution >= 0.6 is 0 Å². The van der Waals surface area contributed by atoms with Crippen molar-refractivity contribution in [1.82, 2.24) is 0 Å². The molecule has 1 aromatic rings. The maximum absolute atomic E-state index is 15.1. The number of ketones is 1. The third-order valence-corrected chi connectivity index (χ3v) is 9.91. The minimum absolute atomic E-state index is 0.0360. The Balaban J connectivity index is 1.63. The molecule has 4 aliphatic rings. The van der Waals surface area contributed by atoms with Gasteiger partial charge in [0.15, 0.2) is 5.78 Å². The lowest BCUT2D eigenvalue weighted by Crippen LogP contribution is -2.65. The second-order valence-electron chi connectivity index (χ2n) is 11.9. The molecular weight excluding hydrogens is 519 g/mol. The molecule has 5 rings (SSSR count). The van der Waals surface area contributed by atoms with Crippen molar-refractivity contribution in [3.63, 3.8) is 0 Å². The van der Waals surface area contributed by atoms with Crippen molar-refractivity contribution >= 4 is 11.8 Å². The predicted molar refractivity (Wildman–Crippen MR) is 133 cm³/mol. The summed E-state index contributed by atoms with van der Waals surface area (Å²) in [6.07, 6.45) is -3.44. The molecule has 6 atom stereocenters. The summed E-state index contributed by atoms with van der Waals surface area (Å²) < 4.78 is 76.5. The minimum Gasteiger partial charge on any atom is -0.458 e. The Morgan fingerprint density at radius 2 is 1.74 bits per heavy atom. The molecule has 0 saturated heterocycles. The molecule has 0 heterocycles. The molecule has 0 bridgehead atoms. The SMILES string of the molecule is CC(=O)OC(C)c1ccc([C@H]2C[C@@]3(C)[C@@H](CC[C@@]3(O)C(F)(F)C(F)(F)F)[C@@H]3CCC4=CC(=O)CCC4=C32)cc1. The van der Waals surface area contributed by atoms with Gasteiger partial charge in [-0.15, -0.1) is 0 Å². The van der Waals surface area contributed by atoms with Crippen LogP contribution in [-0.4, -0.2) is 34.6 Å². The smallest absolute Gasteiger partial charge is 0.456 e. The lowest BCUT2D eigenvalue weighted by molar-refractivity contribution is -0.362. The fraction of sp³-hybridized carbons (Fsp3) is 0.600. The number of rotatable bonds is 4. The van der Waals surface area contributed by atoms with E-state index in [-0.39, 0.29) is 24.5 Å². The van der Waals surface area contributed by atoms with Crippen molar-refractivity contribution in [3.8, 4) is 0 Å². The zero-order chi connectivity index (χ0) is 28.5. The molecule has 9 heteroatoms. The first-order valence-electron chi connectivity index (χ1n) is 13.5. The van der Waals surface area contributed by atoms with E-state index in [4.69, 9.17) is 4.74 Å². The zero-order valence-corrected chi connectivity index (χ0v) is 22.2. The first-order chi connectivity index (χ1) is 18.1. The van der Waals surface area contributed by atoms with E-state index in [2.05, 4.69) is 0 Å².